The van der Waals surface area contributed by atoms with Crippen molar-refractivity contribution in [2.24, 2.45) is 0 Å². The Hall–Kier alpha value is -1.13. The SMILES string of the molecule is CNC(C)c1ccc(OC2CCOC2)c(F)c1. The fraction of sp³-hybridized carbons (Fsp3) is 0.538. The van der Waals surface area contributed by atoms with Gasteiger partial charge in [-0.1, -0.05) is 6.07 Å². The molecule has 1 fully saturated rings. The normalized spacial score (nSPS) is 21.5. The van der Waals surface area contributed by atoms with Crippen molar-refractivity contribution < 1.29 is 13.9 Å². The summed E-state index contributed by atoms with van der Waals surface area (Å²) in [6.45, 7) is 3.23. The molecule has 0 aliphatic carbocycles. The van der Waals surface area contributed by atoms with Crippen LogP contribution in [0.15, 0.2) is 18.2 Å². The first-order chi connectivity index (χ1) is 8.20. The van der Waals surface area contributed by atoms with Crippen LogP contribution in [0.5, 0.6) is 5.75 Å². The van der Waals surface area contributed by atoms with Gasteiger partial charge in [-0.3, -0.25) is 0 Å². The zero-order chi connectivity index (χ0) is 12.3. The minimum absolute atomic E-state index is 0.0166. The van der Waals surface area contributed by atoms with E-state index in [1.807, 2.05) is 20.0 Å². The highest BCUT2D eigenvalue weighted by Gasteiger charge is 2.19. The molecule has 4 heteroatoms. The van der Waals surface area contributed by atoms with Crippen LogP contribution in [-0.4, -0.2) is 26.4 Å². The first kappa shape index (κ1) is 12.3. The minimum atomic E-state index is -0.309. The van der Waals surface area contributed by atoms with Crippen LogP contribution in [0.25, 0.3) is 0 Å². The predicted molar refractivity (Wildman–Crippen MR) is 63.7 cm³/mol. The van der Waals surface area contributed by atoms with Crippen molar-refractivity contribution in [1.82, 2.24) is 5.32 Å². The van der Waals surface area contributed by atoms with Gasteiger partial charge in [-0.05, 0) is 31.7 Å². The molecule has 0 radical (unpaired) electrons. The van der Waals surface area contributed by atoms with E-state index < -0.39 is 0 Å². The summed E-state index contributed by atoms with van der Waals surface area (Å²) in [7, 11) is 1.85. The Labute approximate surface area is 101 Å². The summed E-state index contributed by atoms with van der Waals surface area (Å²) in [5, 5.41) is 3.07. The number of benzene rings is 1. The molecule has 17 heavy (non-hydrogen) atoms. The number of halogens is 1. The maximum atomic E-state index is 13.8. The van der Waals surface area contributed by atoms with Crippen molar-refractivity contribution in [3.63, 3.8) is 0 Å². The molecular formula is C13H18FNO2. The van der Waals surface area contributed by atoms with Crippen LogP contribution >= 0.6 is 0 Å². The summed E-state index contributed by atoms with van der Waals surface area (Å²) in [5.74, 6) is 0.00375. The molecular weight excluding hydrogens is 221 g/mol. The number of hydrogen-bond donors (Lipinski definition) is 1. The zero-order valence-electron chi connectivity index (χ0n) is 10.2. The van der Waals surface area contributed by atoms with Gasteiger partial charge < -0.3 is 14.8 Å². The predicted octanol–water partition coefficient (Wildman–Crippen LogP) is 2.27. The van der Waals surface area contributed by atoms with Crippen LogP contribution in [0.3, 0.4) is 0 Å². The molecule has 1 aromatic rings. The van der Waals surface area contributed by atoms with Gasteiger partial charge in [0.2, 0.25) is 0 Å². The summed E-state index contributed by atoms with van der Waals surface area (Å²) in [5.41, 5.74) is 0.917. The second-order valence-electron chi connectivity index (χ2n) is 4.30. The molecule has 1 N–H and O–H groups in total. The Bertz CT molecular complexity index is 378. The van der Waals surface area contributed by atoms with E-state index in [2.05, 4.69) is 5.32 Å². The second kappa shape index (κ2) is 5.47. The number of hydrogen-bond acceptors (Lipinski definition) is 3. The average molecular weight is 239 g/mol. The second-order valence-corrected chi connectivity index (χ2v) is 4.30. The van der Waals surface area contributed by atoms with Gasteiger partial charge in [0.05, 0.1) is 13.2 Å². The molecule has 3 nitrogen and oxygen atoms in total. The van der Waals surface area contributed by atoms with Gasteiger partial charge in [-0.15, -0.1) is 0 Å². The van der Waals surface area contributed by atoms with Gasteiger partial charge in [-0.2, -0.15) is 0 Å². The minimum Gasteiger partial charge on any atom is -0.485 e. The van der Waals surface area contributed by atoms with E-state index in [9.17, 15) is 4.39 Å². The highest BCUT2D eigenvalue weighted by atomic mass is 19.1. The van der Waals surface area contributed by atoms with Gasteiger partial charge in [0.1, 0.15) is 6.10 Å². The van der Waals surface area contributed by atoms with Crippen molar-refractivity contribution in [2.45, 2.75) is 25.5 Å². The van der Waals surface area contributed by atoms with Gasteiger partial charge >= 0.3 is 0 Å². The summed E-state index contributed by atoms with van der Waals surface area (Å²) >= 11 is 0. The van der Waals surface area contributed by atoms with Crippen LogP contribution in [-0.2, 0) is 4.74 Å². The van der Waals surface area contributed by atoms with Gasteiger partial charge in [-0.25, -0.2) is 4.39 Å². The van der Waals surface area contributed by atoms with Crippen LogP contribution < -0.4 is 10.1 Å². The third kappa shape index (κ3) is 2.96. The number of ether oxygens (including phenoxy) is 2. The van der Waals surface area contributed by atoms with Crippen LogP contribution in [0.4, 0.5) is 4.39 Å². The summed E-state index contributed by atoms with van der Waals surface area (Å²) in [4.78, 5) is 0. The average Bonchev–Trinajstić information content (AvgIpc) is 2.83. The molecule has 94 valence electrons. The fourth-order valence-corrected chi connectivity index (χ4v) is 1.83. The standard InChI is InChI=1S/C13H18FNO2/c1-9(15-2)10-3-4-13(12(14)7-10)17-11-5-6-16-8-11/h3-4,7,9,11,15H,5-6,8H2,1-2H3. The Morgan fingerprint density at radius 2 is 2.35 bits per heavy atom. The molecule has 2 atom stereocenters. The van der Waals surface area contributed by atoms with Crippen molar-refractivity contribution in [2.75, 3.05) is 20.3 Å². The molecule has 0 saturated carbocycles. The molecule has 1 aliphatic rings. The highest BCUT2D eigenvalue weighted by molar-refractivity contribution is 5.31. The lowest BCUT2D eigenvalue weighted by Crippen LogP contribution is -2.17. The van der Waals surface area contributed by atoms with Gasteiger partial charge in [0.15, 0.2) is 11.6 Å². The molecule has 1 aliphatic heterocycles. The van der Waals surface area contributed by atoms with Crippen molar-refractivity contribution in [1.29, 1.82) is 0 Å². The van der Waals surface area contributed by atoms with E-state index in [4.69, 9.17) is 9.47 Å². The Morgan fingerprint density at radius 3 is 2.94 bits per heavy atom. The molecule has 1 heterocycles. The van der Waals surface area contributed by atoms with Gasteiger partial charge in [0.25, 0.3) is 0 Å². The largest absolute Gasteiger partial charge is 0.485 e. The Morgan fingerprint density at radius 1 is 1.53 bits per heavy atom. The van der Waals surface area contributed by atoms with E-state index in [0.29, 0.717) is 19.0 Å². The topological polar surface area (TPSA) is 30.5 Å². The van der Waals surface area contributed by atoms with E-state index in [-0.39, 0.29) is 18.0 Å². The maximum absolute atomic E-state index is 13.8. The lowest BCUT2D eigenvalue weighted by atomic mass is 10.1. The third-order valence-corrected chi connectivity index (χ3v) is 3.07. The number of nitrogens with one attached hydrogen (secondary N) is 1. The summed E-state index contributed by atoms with van der Waals surface area (Å²) < 4.78 is 24.6. The lowest BCUT2D eigenvalue weighted by Gasteiger charge is -2.15. The molecule has 2 unspecified atom stereocenters. The van der Waals surface area contributed by atoms with Crippen molar-refractivity contribution >= 4 is 0 Å². The molecule has 2 rings (SSSR count). The fourth-order valence-electron chi connectivity index (χ4n) is 1.83. The maximum Gasteiger partial charge on any atom is 0.165 e. The van der Waals surface area contributed by atoms with Crippen molar-refractivity contribution in [3.8, 4) is 5.75 Å². The third-order valence-electron chi connectivity index (χ3n) is 3.07. The molecule has 0 bridgehead atoms. The molecule has 0 aromatic heterocycles. The molecule has 0 spiro atoms. The van der Waals surface area contributed by atoms with E-state index in [0.717, 1.165) is 12.0 Å². The highest BCUT2D eigenvalue weighted by Crippen LogP contribution is 2.24. The number of rotatable bonds is 4. The Balaban J connectivity index is 2.08. The lowest BCUT2D eigenvalue weighted by molar-refractivity contribution is 0.138. The zero-order valence-corrected chi connectivity index (χ0v) is 10.2. The van der Waals surface area contributed by atoms with E-state index >= 15 is 0 Å². The summed E-state index contributed by atoms with van der Waals surface area (Å²) in [6, 6.07) is 5.23. The molecule has 1 aromatic carbocycles. The van der Waals surface area contributed by atoms with Crippen LogP contribution in [0.1, 0.15) is 24.9 Å². The molecule has 0 amide bonds. The first-order valence-electron chi connectivity index (χ1n) is 5.92. The monoisotopic (exact) mass is 239 g/mol. The van der Waals surface area contributed by atoms with Crippen LogP contribution in [0.2, 0.25) is 0 Å². The Kier molecular flexibility index (Phi) is 3.97. The van der Waals surface area contributed by atoms with E-state index in [1.165, 1.54) is 6.07 Å². The van der Waals surface area contributed by atoms with Gasteiger partial charge in [0, 0.05) is 12.5 Å². The molecule has 1 saturated heterocycles. The van der Waals surface area contributed by atoms with Crippen molar-refractivity contribution in [3.05, 3.63) is 29.6 Å². The van der Waals surface area contributed by atoms with E-state index in [1.54, 1.807) is 6.07 Å². The quantitative estimate of drug-likeness (QED) is 0.874. The smallest absolute Gasteiger partial charge is 0.165 e. The summed E-state index contributed by atoms with van der Waals surface area (Å²) in [6.07, 6.45) is 0.811. The van der Waals surface area contributed by atoms with Crippen LogP contribution in [0, 0.1) is 5.82 Å². The first-order valence-corrected chi connectivity index (χ1v) is 5.92.